The molecule has 0 aromatic heterocycles. The Hall–Kier alpha value is -1.32. The summed E-state index contributed by atoms with van der Waals surface area (Å²) >= 11 is 0. The van der Waals surface area contributed by atoms with Crippen LogP contribution < -0.4 is 11.1 Å². The fraction of sp³-hybridized carbons (Fsp3) is 0.429. The second kappa shape index (κ2) is 4.90. The van der Waals surface area contributed by atoms with Crippen molar-refractivity contribution in [2.45, 2.75) is 31.5 Å². The van der Waals surface area contributed by atoms with Crippen molar-refractivity contribution in [3.05, 3.63) is 48.3 Å². The number of hydrogen-bond donors (Lipinski definition) is 3. The lowest BCUT2D eigenvalue weighted by Crippen LogP contribution is -2.50. The van der Waals surface area contributed by atoms with Gasteiger partial charge in [-0.25, -0.2) is 0 Å². The van der Waals surface area contributed by atoms with Crippen LogP contribution in [0.3, 0.4) is 0 Å². The summed E-state index contributed by atoms with van der Waals surface area (Å²) in [6.07, 6.45) is 11.4. The number of hydrogen-bond acceptors (Lipinski definition) is 3. The number of fused-ring (bicyclic) bond motifs is 1. The molecule has 0 bridgehead atoms. The van der Waals surface area contributed by atoms with E-state index in [0.29, 0.717) is 0 Å². The largest absolute Gasteiger partial charge is 0.511 e. The summed E-state index contributed by atoms with van der Waals surface area (Å²) in [4.78, 5) is 0. The number of rotatable bonds is 3. The maximum atomic E-state index is 9.38. The van der Waals surface area contributed by atoms with Gasteiger partial charge in [0.25, 0.3) is 0 Å². The van der Waals surface area contributed by atoms with Gasteiger partial charge in [0, 0.05) is 18.0 Å². The average Bonchev–Trinajstić information content (AvgIpc) is 2.29. The van der Waals surface area contributed by atoms with E-state index in [4.69, 9.17) is 5.73 Å². The molecule has 4 N–H and O–H groups in total. The smallest absolute Gasteiger partial charge is 0.102 e. The number of nitrogens with two attached hydrogens (primary N) is 1. The molecular weight excluding hydrogens is 212 g/mol. The Kier molecular flexibility index (Phi) is 3.50. The highest BCUT2D eigenvalue weighted by Crippen LogP contribution is 2.30. The third-order valence-corrected chi connectivity index (χ3v) is 3.52. The van der Waals surface area contributed by atoms with Crippen LogP contribution in [0.15, 0.2) is 48.3 Å². The lowest BCUT2D eigenvalue weighted by Gasteiger charge is -2.37. The average molecular weight is 232 g/mol. The molecule has 3 heteroatoms. The maximum absolute atomic E-state index is 9.38. The molecule has 0 heterocycles. The molecule has 0 aliphatic heterocycles. The van der Waals surface area contributed by atoms with Crippen LogP contribution >= 0.6 is 0 Å². The molecule has 4 atom stereocenters. The van der Waals surface area contributed by atoms with E-state index in [1.54, 1.807) is 0 Å². The van der Waals surface area contributed by atoms with Gasteiger partial charge in [-0.2, -0.15) is 0 Å². The highest BCUT2D eigenvalue weighted by atomic mass is 16.3. The van der Waals surface area contributed by atoms with Crippen molar-refractivity contribution >= 4 is 0 Å². The van der Waals surface area contributed by atoms with Crippen molar-refractivity contribution in [3.63, 3.8) is 0 Å². The van der Waals surface area contributed by atoms with E-state index in [2.05, 4.69) is 30.1 Å². The molecular formula is C14H20N2O. The summed E-state index contributed by atoms with van der Waals surface area (Å²) in [5, 5.41) is 12.8. The fourth-order valence-electron chi connectivity index (χ4n) is 2.50. The highest BCUT2D eigenvalue weighted by molar-refractivity contribution is 5.37. The molecule has 0 saturated heterocycles. The zero-order chi connectivity index (χ0) is 12.4. The molecule has 17 heavy (non-hydrogen) atoms. The third-order valence-electron chi connectivity index (χ3n) is 3.52. The minimum absolute atomic E-state index is 0.0385. The number of aliphatic hydroxyl groups excluding tert-OH is 1. The van der Waals surface area contributed by atoms with Gasteiger partial charge in [0.15, 0.2) is 0 Å². The lowest BCUT2D eigenvalue weighted by molar-refractivity contribution is 0.295. The first-order valence-electron chi connectivity index (χ1n) is 6.04. The molecule has 92 valence electrons. The standard InChI is InChI=1S/C14H20N2O/c1-9(10(2)17)16-13-8-4-6-11-5-3-7-12(15)14(11)13/h3-7,9,12-14,16-17H,2,8,15H2,1H3. The van der Waals surface area contributed by atoms with Gasteiger partial charge in [-0.05, 0) is 18.9 Å². The van der Waals surface area contributed by atoms with E-state index < -0.39 is 0 Å². The zero-order valence-corrected chi connectivity index (χ0v) is 10.1. The van der Waals surface area contributed by atoms with Crippen LogP contribution in [-0.4, -0.2) is 23.2 Å². The molecule has 2 rings (SSSR count). The highest BCUT2D eigenvalue weighted by Gasteiger charge is 2.32. The summed E-state index contributed by atoms with van der Waals surface area (Å²) in [6, 6.07) is 0.188. The molecule has 0 radical (unpaired) electrons. The molecule has 0 aromatic carbocycles. The second-order valence-corrected chi connectivity index (χ2v) is 4.78. The summed E-state index contributed by atoms with van der Waals surface area (Å²) in [5.74, 6) is 0.455. The molecule has 2 aliphatic carbocycles. The Morgan fingerprint density at radius 1 is 1.65 bits per heavy atom. The van der Waals surface area contributed by atoms with E-state index in [9.17, 15) is 5.11 Å². The minimum atomic E-state index is -0.106. The first-order chi connectivity index (χ1) is 8.09. The van der Waals surface area contributed by atoms with Crippen LogP contribution in [0.2, 0.25) is 0 Å². The number of aliphatic hydroxyl groups is 1. The number of nitrogens with one attached hydrogen (secondary N) is 1. The predicted molar refractivity (Wildman–Crippen MR) is 70.6 cm³/mol. The van der Waals surface area contributed by atoms with Gasteiger partial charge in [0.1, 0.15) is 5.76 Å². The van der Waals surface area contributed by atoms with Gasteiger partial charge in [0.2, 0.25) is 0 Å². The van der Waals surface area contributed by atoms with E-state index in [1.807, 2.05) is 19.1 Å². The molecule has 0 spiro atoms. The molecule has 0 amide bonds. The predicted octanol–water partition coefficient (Wildman–Crippen LogP) is 1.80. The van der Waals surface area contributed by atoms with Crippen LogP contribution in [0.25, 0.3) is 0 Å². The van der Waals surface area contributed by atoms with Crippen molar-refractivity contribution in [2.24, 2.45) is 11.7 Å². The summed E-state index contributed by atoms with van der Waals surface area (Å²) in [7, 11) is 0. The van der Waals surface area contributed by atoms with Crippen LogP contribution in [0.5, 0.6) is 0 Å². The monoisotopic (exact) mass is 232 g/mol. The Labute approximate surface area is 102 Å². The van der Waals surface area contributed by atoms with E-state index in [0.717, 1.165) is 6.42 Å². The second-order valence-electron chi connectivity index (χ2n) is 4.78. The first-order valence-corrected chi connectivity index (χ1v) is 6.04. The van der Waals surface area contributed by atoms with E-state index in [1.165, 1.54) is 5.57 Å². The number of allylic oxidation sites excluding steroid dienone is 3. The van der Waals surface area contributed by atoms with Gasteiger partial charge < -0.3 is 16.2 Å². The van der Waals surface area contributed by atoms with Gasteiger partial charge in [-0.3, -0.25) is 0 Å². The van der Waals surface area contributed by atoms with Crippen molar-refractivity contribution in [1.29, 1.82) is 0 Å². The zero-order valence-electron chi connectivity index (χ0n) is 10.1. The maximum Gasteiger partial charge on any atom is 0.102 e. The fourth-order valence-corrected chi connectivity index (χ4v) is 2.50. The summed E-state index contributed by atoms with van der Waals surface area (Å²) < 4.78 is 0. The van der Waals surface area contributed by atoms with Crippen molar-refractivity contribution < 1.29 is 5.11 Å². The van der Waals surface area contributed by atoms with Crippen LogP contribution in [0.1, 0.15) is 13.3 Å². The van der Waals surface area contributed by atoms with E-state index in [-0.39, 0.29) is 29.8 Å². The first kappa shape index (κ1) is 12.1. The molecule has 0 fully saturated rings. The summed E-state index contributed by atoms with van der Waals surface area (Å²) in [5.41, 5.74) is 7.41. The Balaban J connectivity index is 2.14. The Morgan fingerprint density at radius 2 is 2.41 bits per heavy atom. The van der Waals surface area contributed by atoms with Crippen LogP contribution in [0, 0.1) is 5.92 Å². The van der Waals surface area contributed by atoms with Gasteiger partial charge in [0.05, 0.1) is 6.04 Å². The normalized spacial score (nSPS) is 32.8. The van der Waals surface area contributed by atoms with Crippen molar-refractivity contribution in [3.8, 4) is 0 Å². The Morgan fingerprint density at radius 3 is 3.12 bits per heavy atom. The van der Waals surface area contributed by atoms with Crippen LogP contribution in [0.4, 0.5) is 0 Å². The van der Waals surface area contributed by atoms with Gasteiger partial charge in [-0.15, -0.1) is 0 Å². The van der Waals surface area contributed by atoms with Gasteiger partial charge in [-0.1, -0.05) is 37.0 Å². The summed E-state index contributed by atoms with van der Waals surface area (Å²) in [6.45, 7) is 5.47. The molecule has 0 saturated carbocycles. The van der Waals surface area contributed by atoms with Crippen molar-refractivity contribution in [2.75, 3.05) is 0 Å². The molecule has 4 unspecified atom stereocenters. The topological polar surface area (TPSA) is 58.3 Å². The SMILES string of the molecule is C=C(O)C(C)NC1CC=CC2=CC=CC(N)C21. The third kappa shape index (κ3) is 2.51. The lowest BCUT2D eigenvalue weighted by atomic mass is 9.77. The van der Waals surface area contributed by atoms with E-state index >= 15 is 0 Å². The minimum Gasteiger partial charge on any atom is -0.511 e. The van der Waals surface area contributed by atoms with Crippen LogP contribution in [-0.2, 0) is 0 Å². The quantitative estimate of drug-likeness (QED) is 0.650. The van der Waals surface area contributed by atoms with Gasteiger partial charge >= 0.3 is 0 Å². The van der Waals surface area contributed by atoms with Crippen molar-refractivity contribution in [1.82, 2.24) is 5.32 Å². The Bertz CT molecular complexity index is 395. The molecule has 2 aliphatic rings. The molecule has 0 aromatic rings. The molecule has 3 nitrogen and oxygen atoms in total.